The molecule has 2 unspecified atom stereocenters. The van der Waals surface area contributed by atoms with E-state index in [0.29, 0.717) is 11.8 Å². The van der Waals surface area contributed by atoms with E-state index in [-0.39, 0.29) is 12.0 Å². The second-order valence-electron chi connectivity index (χ2n) is 3.45. The lowest BCUT2D eigenvalue weighted by Gasteiger charge is -2.00. The second-order valence-corrected chi connectivity index (χ2v) is 3.45. The van der Waals surface area contributed by atoms with Gasteiger partial charge in [0.05, 0.1) is 18.1 Å². The molecule has 0 aliphatic heterocycles. The van der Waals surface area contributed by atoms with Crippen LogP contribution in [0.2, 0.25) is 0 Å². The minimum atomic E-state index is -0.255. The lowest BCUT2D eigenvalue weighted by molar-refractivity contribution is 0.146. The number of nitrogens with zero attached hydrogens (tertiary/aromatic N) is 1. The molecule has 0 saturated heterocycles. The minimum absolute atomic E-state index is 0.00463. The molecule has 0 radical (unpaired) electrons. The lowest BCUT2D eigenvalue weighted by Crippen LogP contribution is -2.11. The summed E-state index contributed by atoms with van der Waals surface area (Å²) in [6.07, 6.45) is -0.255. The van der Waals surface area contributed by atoms with Crippen LogP contribution in [0.5, 0.6) is 0 Å². The quantitative estimate of drug-likeness (QED) is 0.490. The van der Waals surface area contributed by atoms with Crippen molar-refractivity contribution in [3.63, 3.8) is 0 Å². The van der Waals surface area contributed by atoms with E-state index in [2.05, 4.69) is 6.07 Å². The van der Waals surface area contributed by atoms with Gasteiger partial charge in [0.2, 0.25) is 0 Å². The van der Waals surface area contributed by atoms with Gasteiger partial charge < -0.3 is 5.11 Å². The van der Waals surface area contributed by atoms with E-state index in [1.165, 1.54) is 0 Å². The largest absolute Gasteiger partial charge is 0.391 e. The van der Waals surface area contributed by atoms with E-state index in [0.717, 1.165) is 11.8 Å². The van der Waals surface area contributed by atoms with Crippen LogP contribution in [-0.4, -0.2) is 11.2 Å². The third-order valence-corrected chi connectivity index (χ3v) is 3.27. The first-order valence-corrected chi connectivity index (χ1v) is 3.44. The van der Waals surface area contributed by atoms with Crippen LogP contribution in [-0.2, 0) is 0 Å². The highest BCUT2D eigenvalue weighted by molar-refractivity contribution is 5.33. The molecule has 0 heterocycles. The van der Waals surface area contributed by atoms with Gasteiger partial charge in [0.1, 0.15) is 0 Å². The minimum Gasteiger partial charge on any atom is -0.391 e. The first kappa shape index (κ1) is 4.29. The van der Waals surface area contributed by atoms with Gasteiger partial charge in [-0.05, 0) is 23.7 Å². The summed E-state index contributed by atoms with van der Waals surface area (Å²) < 4.78 is 0. The summed E-state index contributed by atoms with van der Waals surface area (Å²) in [5.74, 6) is 2.74. The van der Waals surface area contributed by atoms with Crippen molar-refractivity contribution >= 4 is 0 Å². The van der Waals surface area contributed by atoms with Crippen molar-refractivity contribution < 1.29 is 5.11 Å². The number of hydrogen-bond acceptors (Lipinski definition) is 2. The predicted octanol–water partition coefficient (Wildman–Crippen LogP) is -0.00732. The van der Waals surface area contributed by atoms with E-state index < -0.39 is 0 Å². The lowest BCUT2D eigenvalue weighted by atomic mass is 10.1. The molecule has 0 spiro atoms. The fourth-order valence-electron chi connectivity index (χ4n) is 2.70. The maximum absolute atomic E-state index is 9.30. The summed E-state index contributed by atoms with van der Waals surface area (Å²) in [6, 6.07) is 2.18. The Kier molecular flexibility index (Phi) is 0.434. The Morgan fingerprint density at radius 1 is 1.11 bits per heavy atom. The van der Waals surface area contributed by atoms with Crippen molar-refractivity contribution in [3.8, 4) is 6.07 Å². The number of aliphatic hydroxyl groups is 1. The van der Waals surface area contributed by atoms with Gasteiger partial charge in [-0.3, -0.25) is 0 Å². The Bertz CT molecular complexity index is 209. The second kappa shape index (κ2) is 0.911. The summed E-state index contributed by atoms with van der Waals surface area (Å²) >= 11 is 0. The molecule has 0 aromatic rings. The number of rotatable bonds is 0. The monoisotopic (exact) mass is 121 g/mol. The van der Waals surface area contributed by atoms with Gasteiger partial charge in [-0.25, -0.2) is 0 Å². The highest BCUT2D eigenvalue weighted by Gasteiger charge is 2.84. The zero-order valence-electron chi connectivity index (χ0n) is 4.86. The van der Waals surface area contributed by atoms with Crippen LogP contribution in [0.1, 0.15) is 0 Å². The van der Waals surface area contributed by atoms with Gasteiger partial charge in [-0.1, -0.05) is 0 Å². The summed E-state index contributed by atoms with van der Waals surface area (Å²) in [7, 11) is 0. The number of nitriles is 1. The molecule has 0 amide bonds. The highest BCUT2D eigenvalue weighted by atomic mass is 16.3. The van der Waals surface area contributed by atoms with Crippen molar-refractivity contribution in [1.29, 1.82) is 5.26 Å². The van der Waals surface area contributed by atoms with Crippen LogP contribution in [0.3, 0.4) is 0 Å². The molecule has 1 N–H and O–H groups in total. The molecule has 0 aromatic heterocycles. The fraction of sp³-hybridized carbons (Fsp3) is 0.857. The molecule has 4 aliphatic rings. The molecular formula is C7H7NO. The van der Waals surface area contributed by atoms with Gasteiger partial charge in [0.15, 0.2) is 0 Å². The molecule has 2 heteroatoms. The van der Waals surface area contributed by atoms with Crippen LogP contribution in [0, 0.1) is 40.9 Å². The van der Waals surface area contributed by atoms with Crippen molar-refractivity contribution in [2.75, 3.05) is 0 Å². The zero-order valence-corrected chi connectivity index (χ0v) is 4.86. The van der Waals surface area contributed by atoms with Crippen LogP contribution < -0.4 is 0 Å². The van der Waals surface area contributed by atoms with Crippen LogP contribution >= 0.6 is 0 Å². The van der Waals surface area contributed by atoms with Crippen LogP contribution in [0.25, 0.3) is 0 Å². The SMILES string of the molecule is N#C[C@H]1C2C3C2C3[C@H]1O. The summed E-state index contributed by atoms with van der Waals surface area (Å²) in [5.41, 5.74) is 0. The molecule has 4 saturated carbocycles. The third kappa shape index (κ3) is 0.255. The molecule has 4 atom stereocenters. The Morgan fingerprint density at radius 3 is 2.00 bits per heavy atom. The van der Waals surface area contributed by atoms with Crippen molar-refractivity contribution in [3.05, 3.63) is 0 Å². The summed E-state index contributed by atoms with van der Waals surface area (Å²) in [5, 5.41) is 17.8. The van der Waals surface area contributed by atoms with E-state index >= 15 is 0 Å². The first-order chi connectivity index (χ1) is 4.36. The normalized spacial score (nSPS) is 72.9. The van der Waals surface area contributed by atoms with Gasteiger partial charge in [-0.2, -0.15) is 5.26 Å². The van der Waals surface area contributed by atoms with Crippen LogP contribution in [0.4, 0.5) is 0 Å². The van der Waals surface area contributed by atoms with Gasteiger partial charge >= 0.3 is 0 Å². The molecule has 4 rings (SSSR count). The first-order valence-electron chi connectivity index (χ1n) is 3.44. The highest BCUT2D eigenvalue weighted by Crippen LogP contribution is 2.83. The number of fused-ring (bicyclic) bond motifs is 1. The van der Waals surface area contributed by atoms with Gasteiger partial charge in [0.25, 0.3) is 0 Å². The molecule has 0 aromatic carbocycles. The standard InChI is InChI=1S/C7H7NO/c8-1-2-3-4-5(3)6(4)7(2)9/h2-7,9H/t2-,3?,4?,5?,6?,7-/m0/s1. The smallest absolute Gasteiger partial charge is 0.0759 e. The molecule has 2 nitrogen and oxygen atoms in total. The fourth-order valence-corrected chi connectivity index (χ4v) is 2.70. The average Bonchev–Trinajstić information content (AvgIpc) is 2.64. The number of aliphatic hydroxyl groups excluding tert-OH is 1. The molecule has 2 bridgehead atoms. The molecule has 9 heavy (non-hydrogen) atoms. The number of hydrogen-bond donors (Lipinski definition) is 1. The Morgan fingerprint density at radius 2 is 1.78 bits per heavy atom. The Labute approximate surface area is 53.1 Å². The third-order valence-electron chi connectivity index (χ3n) is 3.27. The molecule has 4 aliphatic carbocycles. The van der Waals surface area contributed by atoms with Gasteiger partial charge in [0, 0.05) is 0 Å². The zero-order chi connectivity index (χ0) is 6.17. The Hall–Kier alpha value is -0.550. The van der Waals surface area contributed by atoms with Gasteiger partial charge in [-0.15, -0.1) is 0 Å². The van der Waals surface area contributed by atoms with E-state index in [1.807, 2.05) is 0 Å². The maximum Gasteiger partial charge on any atom is 0.0759 e. The van der Waals surface area contributed by atoms with E-state index in [4.69, 9.17) is 5.26 Å². The average molecular weight is 121 g/mol. The predicted molar refractivity (Wildman–Crippen MR) is 29.1 cm³/mol. The van der Waals surface area contributed by atoms with Crippen molar-refractivity contribution in [1.82, 2.24) is 0 Å². The van der Waals surface area contributed by atoms with E-state index in [9.17, 15) is 5.11 Å². The molecule has 46 valence electrons. The maximum atomic E-state index is 9.30. The van der Waals surface area contributed by atoms with E-state index in [1.54, 1.807) is 0 Å². The summed E-state index contributed by atoms with van der Waals surface area (Å²) in [6.45, 7) is 0. The van der Waals surface area contributed by atoms with Crippen molar-refractivity contribution in [2.45, 2.75) is 6.10 Å². The molecular weight excluding hydrogens is 114 g/mol. The molecule has 4 fully saturated rings. The van der Waals surface area contributed by atoms with Crippen molar-refractivity contribution in [2.24, 2.45) is 29.6 Å². The van der Waals surface area contributed by atoms with Crippen LogP contribution in [0.15, 0.2) is 0 Å². The summed E-state index contributed by atoms with van der Waals surface area (Å²) in [4.78, 5) is 0. The Balaban J connectivity index is 1.99. The topological polar surface area (TPSA) is 44.0 Å².